The molecule has 0 radical (unpaired) electrons. The Labute approximate surface area is 153 Å². The van der Waals surface area contributed by atoms with Crippen LogP contribution in [-0.2, 0) is 11.3 Å². The average molecular weight is 366 g/mol. The molecule has 1 aromatic carbocycles. The van der Waals surface area contributed by atoms with E-state index in [9.17, 15) is 18.7 Å². The predicted octanol–water partition coefficient (Wildman–Crippen LogP) is 2.99. The van der Waals surface area contributed by atoms with E-state index in [1.165, 1.54) is 38.2 Å². The first kappa shape index (κ1) is 19.2. The summed E-state index contributed by atoms with van der Waals surface area (Å²) < 4.78 is 26.5. The quantitative estimate of drug-likeness (QED) is 0.814. The Morgan fingerprint density at radius 3 is 2.65 bits per heavy atom. The number of rotatable bonds is 6. The van der Waals surface area contributed by atoms with Gasteiger partial charge in [-0.2, -0.15) is 0 Å². The Morgan fingerprint density at radius 1 is 1.15 bits per heavy atom. The standard InChI is InChI=1S/C20H28F2N2O2/c21-17-8-7-16(11-18(17)22)13-24-10-4-9-20(26,19(24)25)14-23-12-15-5-2-1-3-6-15/h7-8,11,15,23,26H,1-6,9-10,12-14H2/t20-/m1/s1. The van der Waals surface area contributed by atoms with Crippen LogP contribution in [0.2, 0.25) is 0 Å². The molecule has 1 saturated carbocycles. The third-order valence-corrected chi connectivity index (χ3v) is 5.64. The normalized spacial score (nSPS) is 24.9. The summed E-state index contributed by atoms with van der Waals surface area (Å²) in [5, 5.41) is 14.1. The molecule has 0 unspecified atom stereocenters. The number of hydrogen-bond donors (Lipinski definition) is 2. The summed E-state index contributed by atoms with van der Waals surface area (Å²) in [5.41, 5.74) is -0.887. The third-order valence-electron chi connectivity index (χ3n) is 5.64. The minimum Gasteiger partial charge on any atom is -0.379 e. The zero-order valence-corrected chi connectivity index (χ0v) is 15.1. The van der Waals surface area contributed by atoms with Gasteiger partial charge >= 0.3 is 0 Å². The monoisotopic (exact) mass is 366 g/mol. The number of piperidine rings is 1. The van der Waals surface area contributed by atoms with Gasteiger partial charge in [0.2, 0.25) is 0 Å². The Balaban J connectivity index is 1.55. The minimum atomic E-state index is -1.41. The van der Waals surface area contributed by atoms with E-state index < -0.39 is 17.2 Å². The molecule has 26 heavy (non-hydrogen) atoms. The van der Waals surface area contributed by atoms with Crippen molar-refractivity contribution in [2.75, 3.05) is 19.6 Å². The van der Waals surface area contributed by atoms with E-state index in [0.29, 0.717) is 30.9 Å². The van der Waals surface area contributed by atoms with Crippen molar-refractivity contribution in [2.45, 2.75) is 57.1 Å². The van der Waals surface area contributed by atoms with Crippen LogP contribution in [0.4, 0.5) is 8.78 Å². The van der Waals surface area contributed by atoms with E-state index in [2.05, 4.69) is 5.32 Å². The number of aliphatic hydroxyl groups is 1. The smallest absolute Gasteiger partial charge is 0.256 e. The molecule has 1 aliphatic heterocycles. The van der Waals surface area contributed by atoms with E-state index in [4.69, 9.17) is 0 Å². The van der Waals surface area contributed by atoms with Crippen LogP contribution in [0.1, 0.15) is 50.5 Å². The topological polar surface area (TPSA) is 52.6 Å². The fourth-order valence-corrected chi connectivity index (χ4v) is 4.11. The number of benzene rings is 1. The predicted molar refractivity (Wildman–Crippen MR) is 95.4 cm³/mol. The molecule has 6 heteroatoms. The lowest BCUT2D eigenvalue weighted by Gasteiger charge is -2.38. The lowest BCUT2D eigenvalue weighted by molar-refractivity contribution is -0.157. The molecule has 2 N–H and O–H groups in total. The Kier molecular flexibility index (Phi) is 6.24. The number of nitrogens with one attached hydrogen (secondary N) is 1. The summed E-state index contributed by atoms with van der Waals surface area (Å²) in [6.07, 6.45) is 7.37. The molecule has 4 nitrogen and oxygen atoms in total. The summed E-state index contributed by atoms with van der Waals surface area (Å²) in [6.45, 7) is 1.78. The molecule has 0 bridgehead atoms. The summed E-state index contributed by atoms with van der Waals surface area (Å²) in [4.78, 5) is 14.3. The molecule has 1 saturated heterocycles. The molecule has 1 amide bonds. The van der Waals surface area contributed by atoms with E-state index >= 15 is 0 Å². The van der Waals surface area contributed by atoms with Gasteiger partial charge in [0.1, 0.15) is 0 Å². The van der Waals surface area contributed by atoms with Crippen LogP contribution in [0, 0.1) is 17.6 Å². The summed E-state index contributed by atoms with van der Waals surface area (Å²) in [7, 11) is 0. The number of carbonyl (C=O) groups excluding carboxylic acids is 1. The highest BCUT2D eigenvalue weighted by atomic mass is 19.2. The molecular weight excluding hydrogens is 338 g/mol. The molecule has 1 aromatic rings. The van der Waals surface area contributed by atoms with E-state index in [1.807, 2.05) is 0 Å². The van der Waals surface area contributed by atoms with Crippen LogP contribution in [0.3, 0.4) is 0 Å². The lowest BCUT2D eigenvalue weighted by Crippen LogP contribution is -2.58. The van der Waals surface area contributed by atoms with E-state index in [1.54, 1.807) is 4.90 Å². The van der Waals surface area contributed by atoms with Crippen LogP contribution in [0.15, 0.2) is 18.2 Å². The molecule has 1 aliphatic carbocycles. The highest BCUT2D eigenvalue weighted by molar-refractivity contribution is 5.86. The molecule has 2 aliphatic rings. The Hall–Kier alpha value is -1.53. The second-order valence-corrected chi connectivity index (χ2v) is 7.75. The average Bonchev–Trinajstić information content (AvgIpc) is 2.63. The highest BCUT2D eigenvalue weighted by Crippen LogP contribution is 2.26. The molecule has 0 aromatic heterocycles. The van der Waals surface area contributed by atoms with Crippen LogP contribution >= 0.6 is 0 Å². The first-order chi connectivity index (χ1) is 12.5. The van der Waals surface area contributed by atoms with Gasteiger partial charge in [-0.25, -0.2) is 8.78 Å². The first-order valence-electron chi connectivity index (χ1n) is 9.64. The molecule has 2 fully saturated rings. The van der Waals surface area contributed by atoms with Crippen LogP contribution in [-0.4, -0.2) is 41.1 Å². The van der Waals surface area contributed by atoms with E-state index in [-0.39, 0.29) is 19.0 Å². The summed E-state index contributed by atoms with van der Waals surface area (Å²) in [5.74, 6) is -1.52. The molecule has 0 spiro atoms. The van der Waals surface area contributed by atoms with Crippen LogP contribution in [0.5, 0.6) is 0 Å². The summed E-state index contributed by atoms with van der Waals surface area (Å²) >= 11 is 0. The molecule has 1 heterocycles. The minimum absolute atomic E-state index is 0.182. The van der Waals surface area contributed by atoms with Gasteiger partial charge in [0.15, 0.2) is 17.2 Å². The van der Waals surface area contributed by atoms with Gasteiger partial charge in [-0.3, -0.25) is 4.79 Å². The van der Waals surface area contributed by atoms with Gasteiger partial charge in [0.25, 0.3) is 5.91 Å². The Bertz CT molecular complexity index is 634. The SMILES string of the molecule is O=C1N(Cc2ccc(F)c(F)c2)CCC[C@@]1(O)CNCC1CCCCC1. The van der Waals surface area contributed by atoms with Crippen molar-refractivity contribution in [3.05, 3.63) is 35.4 Å². The zero-order chi connectivity index (χ0) is 18.6. The van der Waals surface area contributed by atoms with Crippen molar-refractivity contribution in [2.24, 2.45) is 5.92 Å². The lowest BCUT2D eigenvalue weighted by atomic mass is 9.88. The number of hydrogen-bond acceptors (Lipinski definition) is 3. The maximum absolute atomic E-state index is 13.4. The Morgan fingerprint density at radius 2 is 1.92 bits per heavy atom. The van der Waals surface area contributed by atoms with Crippen LogP contribution < -0.4 is 5.32 Å². The molecule has 1 atom stereocenters. The second kappa shape index (κ2) is 8.44. The first-order valence-corrected chi connectivity index (χ1v) is 9.64. The van der Waals surface area contributed by atoms with Crippen molar-refractivity contribution in [1.82, 2.24) is 10.2 Å². The largest absolute Gasteiger partial charge is 0.379 e. The van der Waals surface area contributed by atoms with Crippen molar-refractivity contribution in [1.29, 1.82) is 0 Å². The molecular formula is C20H28F2N2O2. The maximum atomic E-state index is 13.4. The van der Waals surface area contributed by atoms with Crippen molar-refractivity contribution < 1.29 is 18.7 Å². The fourth-order valence-electron chi connectivity index (χ4n) is 4.11. The maximum Gasteiger partial charge on any atom is 0.256 e. The van der Waals surface area contributed by atoms with Gasteiger partial charge in [-0.1, -0.05) is 25.3 Å². The van der Waals surface area contributed by atoms with Crippen molar-refractivity contribution >= 4 is 5.91 Å². The van der Waals surface area contributed by atoms with Crippen molar-refractivity contribution in [3.8, 4) is 0 Å². The molecule has 3 rings (SSSR count). The van der Waals surface area contributed by atoms with Crippen molar-refractivity contribution in [3.63, 3.8) is 0 Å². The third kappa shape index (κ3) is 4.60. The second-order valence-electron chi connectivity index (χ2n) is 7.75. The molecule has 144 valence electrons. The number of carbonyl (C=O) groups is 1. The zero-order valence-electron chi connectivity index (χ0n) is 15.1. The van der Waals surface area contributed by atoms with Gasteiger partial charge in [-0.05, 0) is 55.8 Å². The number of amides is 1. The van der Waals surface area contributed by atoms with E-state index in [0.717, 1.165) is 18.7 Å². The summed E-state index contributed by atoms with van der Waals surface area (Å²) in [6, 6.07) is 3.65. The van der Waals surface area contributed by atoms with Gasteiger partial charge in [-0.15, -0.1) is 0 Å². The number of nitrogens with zero attached hydrogens (tertiary/aromatic N) is 1. The number of likely N-dealkylation sites (tertiary alicyclic amines) is 1. The highest BCUT2D eigenvalue weighted by Gasteiger charge is 2.41. The van der Waals surface area contributed by atoms with Gasteiger partial charge in [0.05, 0.1) is 0 Å². The number of halogens is 2. The van der Waals surface area contributed by atoms with Gasteiger partial charge in [0, 0.05) is 19.6 Å². The fraction of sp³-hybridized carbons (Fsp3) is 0.650. The van der Waals surface area contributed by atoms with Gasteiger partial charge < -0.3 is 15.3 Å². The van der Waals surface area contributed by atoms with Crippen LogP contribution in [0.25, 0.3) is 0 Å².